The quantitative estimate of drug-likeness (QED) is 0.740. The van der Waals surface area contributed by atoms with Crippen molar-refractivity contribution in [2.24, 2.45) is 0 Å². The number of fused-ring (bicyclic) bond motifs is 1. The van der Waals surface area contributed by atoms with Crippen LogP contribution in [0.4, 0.5) is 13.2 Å². The van der Waals surface area contributed by atoms with Crippen molar-refractivity contribution >= 4 is 5.65 Å². The molecule has 0 unspecified atom stereocenters. The number of nitrogens with zero attached hydrogens (tertiary/aromatic N) is 5. The number of aromatic nitrogens is 4. The summed E-state index contributed by atoms with van der Waals surface area (Å²) in [6, 6.07) is 5.63. The van der Waals surface area contributed by atoms with Crippen LogP contribution in [0, 0.1) is 0 Å². The Morgan fingerprint density at radius 2 is 2.09 bits per heavy atom. The highest BCUT2D eigenvalue weighted by molar-refractivity contribution is 5.39. The largest absolute Gasteiger partial charge is 0.455 e. The van der Waals surface area contributed by atoms with Gasteiger partial charge in [-0.25, -0.2) is 4.98 Å². The first-order valence-electron chi connectivity index (χ1n) is 6.43. The lowest BCUT2D eigenvalue weighted by Crippen LogP contribution is -2.18. The molecule has 3 rings (SSSR count). The molecule has 0 bridgehead atoms. The summed E-state index contributed by atoms with van der Waals surface area (Å²) in [5.74, 6) is -1.34. The fourth-order valence-corrected chi connectivity index (χ4v) is 2.10. The number of alkyl halides is 3. The zero-order chi connectivity index (χ0) is 15.7. The molecule has 0 radical (unpaired) electrons. The number of imidazole rings is 1. The van der Waals surface area contributed by atoms with Crippen LogP contribution in [-0.4, -0.2) is 31.5 Å². The molecule has 0 aliphatic carbocycles. The van der Waals surface area contributed by atoms with Crippen LogP contribution in [0.5, 0.6) is 0 Å². The number of hydrogen-bond donors (Lipinski definition) is 0. The van der Waals surface area contributed by atoms with Crippen LogP contribution in [0.2, 0.25) is 0 Å². The van der Waals surface area contributed by atoms with Crippen LogP contribution in [0.1, 0.15) is 17.4 Å². The maximum absolute atomic E-state index is 12.4. The van der Waals surface area contributed by atoms with Gasteiger partial charge < -0.3 is 8.92 Å². The molecule has 0 spiro atoms. The molecule has 0 amide bonds. The van der Waals surface area contributed by atoms with Gasteiger partial charge in [0.2, 0.25) is 5.89 Å². The molecular weight excluding hydrogens is 299 g/mol. The minimum Gasteiger partial charge on any atom is -0.338 e. The van der Waals surface area contributed by atoms with Gasteiger partial charge in [-0.3, -0.25) is 4.90 Å². The van der Waals surface area contributed by atoms with Gasteiger partial charge >= 0.3 is 6.18 Å². The molecule has 0 fully saturated rings. The first kappa shape index (κ1) is 14.5. The molecule has 0 aliphatic rings. The SMILES string of the molecule is CN(Cc1nc(C(F)(F)F)no1)Cc1cnc2ccccn12. The third-order valence-electron chi connectivity index (χ3n) is 3.05. The first-order valence-corrected chi connectivity index (χ1v) is 6.43. The molecule has 3 heterocycles. The van der Waals surface area contributed by atoms with E-state index in [4.69, 9.17) is 0 Å². The highest BCUT2D eigenvalue weighted by Gasteiger charge is 2.37. The second-order valence-electron chi connectivity index (χ2n) is 4.86. The van der Waals surface area contributed by atoms with Crippen molar-refractivity contribution in [2.45, 2.75) is 19.3 Å². The summed E-state index contributed by atoms with van der Waals surface area (Å²) in [6.45, 7) is 0.595. The average molecular weight is 311 g/mol. The third-order valence-corrected chi connectivity index (χ3v) is 3.05. The van der Waals surface area contributed by atoms with Crippen molar-refractivity contribution in [3.8, 4) is 0 Å². The Hall–Kier alpha value is -2.42. The number of halogens is 3. The molecule has 0 atom stereocenters. The van der Waals surface area contributed by atoms with Gasteiger partial charge in [-0.1, -0.05) is 11.2 Å². The molecule has 9 heteroatoms. The lowest BCUT2D eigenvalue weighted by molar-refractivity contribution is -0.146. The van der Waals surface area contributed by atoms with Gasteiger partial charge in [0, 0.05) is 12.7 Å². The van der Waals surface area contributed by atoms with Crippen LogP contribution < -0.4 is 0 Å². The minimum absolute atomic E-state index is 0.0800. The number of hydrogen-bond acceptors (Lipinski definition) is 5. The Balaban J connectivity index is 1.70. The molecule has 22 heavy (non-hydrogen) atoms. The summed E-state index contributed by atoms with van der Waals surface area (Å²) in [7, 11) is 1.75. The van der Waals surface area contributed by atoms with Gasteiger partial charge in [-0.2, -0.15) is 18.2 Å². The van der Waals surface area contributed by atoms with Crippen molar-refractivity contribution in [3.63, 3.8) is 0 Å². The highest BCUT2D eigenvalue weighted by Crippen LogP contribution is 2.26. The van der Waals surface area contributed by atoms with Crippen LogP contribution in [0.15, 0.2) is 35.1 Å². The molecule has 0 N–H and O–H groups in total. The van der Waals surface area contributed by atoms with E-state index in [0.29, 0.717) is 6.54 Å². The average Bonchev–Trinajstić information content (AvgIpc) is 3.06. The van der Waals surface area contributed by atoms with Crippen molar-refractivity contribution in [1.82, 2.24) is 24.4 Å². The smallest absolute Gasteiger partial charge is 0.338 e. The summed E-state index contributed by atoms with van der Waals surface area (Å²) in [4.78, 5) is 9.37. The second kappa shape index (κ2) is 5.41. The van der Waals surface area contributed by atoms with E-state index in [-0.39, 0.29) is 12.4 Å². The maximum Gasteiger partial charge on any atom is 0.455 e. The lowest BCUT2D eigenvalue weighted by atomic mass is 10.4. The highest BCUT2D eigenvalue weighted by atomic mass is 19.4. The Morgan fingerprint density at radius 1 is 1.27 bits per heavy atom. The van der Waals surface area contributed by atoms with Crippen molar-refractivity contribution in [2.75, 3.05) is 7.05 Å². The first-order chi connectivity index (χ1) is 10.4. The Labute approximate surface area is 123 Å². The van der Waals surface area contributed by atoms with E-state index in [1.54, 1.807) is 18.1 Å². The van der Waals surface area contributed by atoms with Gasteiger partial charge in [0.25, 0.3) is 5.82 Å². The monoisotopic (exact) mass is 311 g/mol. The topological polar surface area (TPSA) is 59.5 Å². The number of pyridine rings is 1. The van der Waals surface area contributed by atoms with Gasteiger partial charge in [-0.05, 0) is 19.2 Å². The molecule has 116 valence electrons. The van der Waals surface area contributed by atoms with Crippen molar-refractivity contribution in [1.29, 1.82) is 0 Å². The Kier molecular flexibility index (Phi) is 3.57. The number of rotatable bonds is 4. The zero-order valence-electron chi connectivity index (χ0n) is 11.6. The lowest BCUT2D eigenvalue weighted by Gasteiger charge is -2.13. The fourth-order valence-electron chi connectivity index (χ4n) is 2.10. The summed E-state index contributed by atoms with van der Waals surface area (Å²) in [5.41, 5.74) is 1.72. The normalized spacial score (nSPS) is 12.4. The molecule has 3 aromatic rings. The van der Waals surface area contributed by atoms with Crippen LogP contribution in [0.25, 0.3) is 5.65 Å². The molecule has 0 saturated carbocycles. The Morgan fingerprint density at radius 3 is 2.82 bits per heavy atom. The van der Waals surface area contributed by atoms with E-state index >= 15 is 0 Å². The molecule has 6 nitrogen and oxygen atoms in total. The third kappa shape index (κ3) is 2.93. The Bertz CT molecular complexity index is 779. The molecule has 0 saturated heterocycles. The van der Waals surface area contributed by atoms with E-state index < -0.39 is 12.0 Å². The molecule has 3 aromatic heterocycles. The fraction of sp³-hybridized carbons (Fsp3) is 0.308. The summed E-state index contributed by atoms with van der Waals surface area (Å²) >= 11 is 0. The van der Waals surface area contributed by atoms with Crippen LogP contribution in [-0.2, 0) is 19.3 Å². The van der Waals surface area contributed by atoms with Gasteiger partial charge in [0.05, 0.1) is 18.4 Å². The van der Waals surface area contributed by atoms with Gasteiger partial charge in [0.15, 0.2) is 0 Å². The predicted molar refractivity (Wildman–Crippen MR) is 69.7 cm³/mol. The molecule has 0 aliphatic heterocycles. The van der Waals surface area contributed by atoms with Crippen LogP contribution >= 0.6 is 0 Å². The summed E-state index contributed by atoms with van der Waals surface area (Å²) < 4.78 is 43.8. The van der Waals surface area contributed by atoms with Crippen LogP contribution in [0.3, 0.4) is 0 Å². The molecule has 0 aromatic carbocycles. The zero-order valence-corrected chi connectivity index (χ0v) is 11.6. The summed E-state index contributed by atoms with van der Waals surface area (Å²) in [6.07, 6.45) is -0.997. The van der Waals surface area contributed by atoms with Gasteiger partial charge in [-0.15, -0.1) is 0 Å². The van der Waals surface area contributed by atoms with Crippen molar-refractivity contribution < 1.29 is 17.7 Å². The minimum atomic E-state index is -4.60. The van der Waals surface area contributed by atoms with Crippen molar-refractivity contribution in [3.05, 3.63) is 48.0 Å². The van der Waals surface area contributed by atoms with E-state index in [0.717, 1.165) is 11.3 Å². The molecular formula is C13H12F3N5O. The van der Waals surface area contributed by atoms with E-state index in [9.17, 15) is 13.2 Å². The van der Waals surface area contributed by atoms with E-state index in [1.165, 1.54) is 0 Å². The van der Waals surface area contributed by atoms with E-state index in [1.807, 2.05) is 28.8 Å². The second-order valence-corrected chi connectivity index (χ2v) is 4.86. The standard InChI is InChI=1S/C13H12F3N5O/c1-20(8-11-18-12(19-22-11)13(14,15)16)7-9-6-17-10-4-2-3-5-21(9)10/h2-6H,7-8H2,1H3. The van der Waals surface area contributed by atoms with E-state index in [2.05, 4.69) is 19.6 Å². The van der Waals surface area contributed by atoms with Gasteiger partial charge in [0.1, 0.15) is 5.65 Å². The summed E-state index contributed by atoms with van der Waals surface area (Å²) in [5, 5.41) is 2.93. The maximum atomic E-state index is 12.4. The predicted octanol–water partition coefficient (Wildman–Crippen LogP) is 2.37.